The lowest BCUT2D eigenvalue weighted by Gasteiger charge is -2.26. The molecule has 28 heavy (non-hydrogen) atoms. The van der Waals surface area contributed by atoms with Gasteiger partial charge in [0.25, 0.3) is 0 Å². The fourth-order valence-electron chi connectivity index (χ4n) is 2.56. The lowest BCUT2D eigenvalue weighted by atomic mass is 10.3. The van der Waals surface area contributed by atoms with Gasteiger partial charge in [0.15, 0.2) is 0 Å². The number of phenolic OH excluding ortho intramolecular Hbond substituents is 2. The molecule has 0 atom stereocenters. The molecule has 4 rings (SSSR count). The van der Waals surface area contributed by atoms with E-state index in [4.69, 9.17) is 14.2 Å². The normalized spacial score (nSPS) is 13.9. The summed E-state index contributed by atoms with van der Waals surface area (Å²) in [5, 5.41) is 18.8. The van der Waals surface area contributed by atoms with Gasteiger partial charge >= 0.3 is 12.0 Å². The standard InChI is InChI=1S/C19H18N4O5/c24-13-1-5-15(6-2-13)27-18-20-17(23-9-11-26-12-10-23)21-19(22-18)28-16-7-3-14(25)4-8-16/h1-8,24-25H,9-12H2. The van der Waals surface area contributed by atoms with Gasteiger partial charge in [0.1, 0.15) is 23.0 Å². The largest absolute Gasteiger partial charge is 0.508 e. The second kappa shape index (κ2) is 7.97. The Morgan fingerprint density at radius 3 is 1.64 bits per heavy atom. The number of benzene rings is 2. The van der Waals surface area contributed by atoms with E-state index in [1.807, 2.05) is 4.90 Å². The van der Waals surface area contributed by atoms with Gasteiger partial charge in [-0.2, -0.15) is 9.97 Å². The zero-order valence-electron chi connectivity index (χ0n) is 14.9. The fraction of sp³-hybridized carbons (Fsp3) is 0.211. The van der Waals surface area contributed by atoms with Crippen LogP contribution in [-0.4, -0.2) is 51.5 Å². The Kier molecular flexibility index (Phi) is 5.07. The molecule has 2 heterocycles. The van der Waals surface area contributed by atoms with Crippen LogP contribution in [0.5, 0.6) is 35.0 Å². The van der Waals surface area contributed by atoms with Gasteiger partial charge in [0.2, 0.25) is 5.95 Å². The molecule has 2 aromatic carbocycles. The number of nitrogens with zero attached hydrogens (tertiary/aromatic N) is 4. The van der Waals surface area contributed by atoms with Crippen molar-refractivity contribution < 1.29 is 24.4 Å². The van der Waals surface area contributed by atoms with Crippen LogP contribution in [0.4, 0.5) is 5.95 Å². The summed E-state index contributed by atoms with van der Waals surface area (Å²) in [6.45, 7) is 2.44. The van der Waals surface area contributed by atoms with E-state index in [1.54, 1.807) is 24.3 Å². The molecule has 0 spiro atoms. The monoisotopic (exact) mass is 382 g/mol. The van der Waals surface area contributed by atoms with E-state index >= 15 is 0 Å². The number of anilines is 1. The van der Waals surface area contributed by atoms with Crippen LogP contribution in [0.25, 0.3) is 0 Å². The van der Waals surface area contributed by atoms with Crippen molar-refractivity contribution in [1.82, 2.24) is 15.0 Å². The van der Waals surface area contributed by atoms with Crippen LogP contribution < -0.4 is 14.4 Å². The molecular weight excluding hydrogens is 364 g/mol. The summed E-state index contributed by atoms with van der Waals surface area (Å²) in [5.41, 5.74) is 0. The highest BCUT2D eigenvalue weighted by Crippen LogP contribution is 2.27. The summed E-state index contributed by atoms with van der Waals surface area (Å²) in [6, 6.07) is 12.6. The van der Waals surface area contributed by atoms with Gasteiger partial charge in [-0.3, -0.25) is 0 Å². The van der Waals surface area contributed by atoms with Gasteiger partial charge in [-0.1, -0.05) is 0 Å². The van der Waals surface area contributed by atoms with Crippen LogP contribution in [0.1, 0.15) is 0 Å². The zero-order valence-corrected chi connectivity index (χ0v) is 14.9. The summed E-state index contributed by atoms with van der Waals surface area (Å²) in [6.07, 6.45) is 0. The molecule has 2 N–H and O–H groups in total. The topological polar surface area (TPSA) is 110 Å². The molecular formula is C19H18N4O5. The van der Waals surface area contributed by atoms with Gasteiger partial charge in [-0.25, -0.2) is 0 Å². The van der Waals surface area contributed by atoms with Gasteiger partial charge in [0.05, 0.1) is 13.2 Å². The Hall–Kier alpha value is -3.59. The van der Waals surface area contributed by atoms with Crippen molar-refractivity contribution in [2.24, 2.45) is 0 Å². The molecule has 1 saturated heterocycles. The highest BCUT2D eigenvalue weighted by molar-refractivity contribution is 5.37. The van der Waals surface area contributed by atoms with Crippen molar-refractivity contribution in [1.29, 1.82) is 0 Å². The predicted octanol–water partition coefficient (Wildman–Crippen LogP) is 2.70. The van der Waals surface area contributed by atoms with Crippen LogP contribution in [-0.2, 0) is 4.74 Å². The van der Waals surface area contributed by atoms with Crippen LogP contribution in [0.2, 0.25) is 0 Å². The maximum absolute atomic E-state index is 9.41. The van der Waals surface area contributed by atoms with E-state index in [9.17, 15) is 10.2 Å². The molecule has 1 aliphatic heterocycles. The minimum atomic E-state index is 0.0657. The SMILES string of the molecule is Oc1ccc(Oc2nc(Oc3ccc(O)cc3)nc(N3CCOCC3)n2)cc1. The molecule has 0 saturated carbocycles. The molecule has 1 fully saturated rings. The van der Waals surface area contributed by atoms with E-state index in [2.05, 4.69) is 15.0 Å². The number of aromatic nitrogens is 3. The Morgan fingerprint density at radius 2 is 1.18 bits per heavy atom. The number of phenols is 2. The van der Waals surface area contributed by atoms with E-state index in [-0.39, 0.29) is 23.5 Å². The molecule has 0 aliphatic carbocycles. The van der Waals surface area contributed by atoms with Crippen molar-refractivity contribution in [3.8, 4) is 35.0 Å². The summed E-state index contributed by atoms with van der Waals surface area (Å²) < 4.78 is 16.8. The predicted molar refractivity (Wildman–Crippen MR) is 99.2 cm³/mol. The van der Waals surface area contributed by atoms with Crippen molar-refractivity contribution >= 4 is 5.95 Å². The average Bonchev–Trinajstić information content (AvgIpc) is 2.72. The first kappa shape index (κ1) is 17.8. The summed E-state index contributed by atoms with van der Waals surface area (Å²) in [4.78, 5) is 14.9. The lowest BCUT2D eigenvalue weighted by molar-refractivity contribution is 0.122. The number of ether oxygens (including phenoxy) is 3. The molecule has 9 heteroatoms. The van der Waals surface area contributed by atoms with E-state index in [0.29, 0.717) is 43.8 Å². The molecule has 0 unspecified atom stereocenters. The fourth-order valence-corrected chi connectivity index (χ4v) is 2.56. The van der Waals surface area contributed by atoms with Crippen molar-refractivity contribution in [2.45, 2.75) is 0 Å². The van der Waals surface area contributed by atoms with E-state index in [1.165, 1.54) is 24.3 Å². The highest BCUT2D eigenvalue weighted by atomic mass is 16.5. The first-order valence-electron chi connectivity index (χ1n) is 8.68. The minimum absolute atomic E-state index is 0.0657. The maximum atomic E-state index is 9.41. The molecule has 9 nitrogen and oxygen atoms in total. The molecule has 0 radical (unpaired) electrons. The number of aromatic hydroxyl groups is 2. The molecule has 144 valence electrons. The Bertz CT molecular complexity index is 862. The number of morpholine rings is 1. The summed E-state index contributed by atoms with van der Waals surface area (Å²) in [5.74, 6) is 1.61. The zero-order chi connectivity index (χ0) is 19.3. The van der Waals surface area contributed by atoms with Gasteiger partial charge < -0.3 is 29.3 Å². The van der Waals surface area contributed by atoms with Crippen LogP contribution in [0.3, 0.4) is 0 Å². The van der Waals surface area contributed by atoms with Crippen LogP contribution >= 0.6 is 0 Å². The number of rotatable bonds is 5. The molecule has 1 aliphatic rings. The van der Waals surface area contributed by atoms with Crippen molar-refractivity contribution in [3.05, 3.63) is 48.5 Å². The quantitative estimate of drug-likeness (QED) is 0.688. The minimum Gasteiger partial charge on any atom is -0.508 e. The second-order valence-electron chi connectivity index (χ2n) is 5.99. The highest BCUT2D eigenvalue weighted by Gasteiger charge is 2.18. The Morgan fingerprint density at radius 1 is 0.714 bits per heavy atom. The molecule has 0 bridgehead atoms. The maximum Gasteiger partial charge on any atom is 0.330 e. The lowest BCUT2D eigenvalue weighted by Crippen LogP contribution is -2.37. The molecule has 3 aromatic rings. The molecule has 1 aromatic heterocycles. The second-order valence-corrected chi connectivity index (χ2v) is 5.99. The average molecular weight is 382 g/mol. The first-order chi connectivity index (χ1) is 13.7. The summed E-state index contributed by atoms with van der Waals surface area (Å²) in [7, 11) is 0. The van der Waals surface area contributed by atoms with Crippen LogP contribution in [0, 0.1) is 0 Å². The Labute approximate surface area is 160 Å². The van der Waals surface area contributed by atoms with E-state index in [0.717, 1.165) is 0 Å². The van der Waals surface area contributed by atoms with Gasteiger partial charge in [0, 0.05) is 13.1 Å². The van der Waals surface area contributed by atoms with E-state index < -0.39 is 0 Å². The Balaban J connectivity index is 1.63. The smallest absolute Gasteiger partial charge is 0.330 e. The van der Waals surface area contributed by atoms with Crippen molar-refractivity contribution in [3.63, 3.8) is 0 Å². The van der Waals surface area contributed by atoms with Crippen molar-refractivity contribution in [2.75, 3.05) is 31.2 Å². The first-order valence-corrected chi connectivity index (χ1v) is 8.68. The third-order valence-electron chi connectivity index (χ3n) is 3.97. The number of hydrogen-bond donors (Lipinski definition) is 2. The van der Waals surface area contributed by atoms with Gasteiger partial charge in [-0.15, -0.1) is 4.98 Å². The third kappa shape index (κ3) is 4.38. The molecule has 0 amide bonds. The number of hydrogen-bond acceptors (Lipinski definition) is 9. The summed E-state index contributed by atoms with van der Waals surface area (Å²) >= 11 is 0. The van der Waals surface area contributed by atoms with Gasteiger partial charge in [-0.05, 0) is 48.5 Å². The third-order valence-corrected chi connectivity index (χ3v) is 3.97. The van der Waals surface area contributed by atoms with Crippen LogP contribution in [0.15, 0.2) is 48.5 Å².